The predicted octanol–water partition coefficient (Wildman–Crippen LogP) is 4.16. The lowest BCUT2D eigenvalue weighted by Crippen LogP contribution is -2.19. The first-order valence-corrected chi connectivity index (χ1v) is 7.29. The van der Waals surface area contributed by atoms with Crippen LogP contribution in [-0.2, 0) is 0 Å². The Labute approximate surface area is 125 Å². The highest BCUT2D eigenvalue weighted by Gasteiger charge is 2.15. The van der Waals surface area contributed by atoms with Crippen molar-refractivity contribution in [3.8, 4) is 0 Å². The zero-order valence-electron chi connectivity index (χ0n) is 12.7. The van der Waals surface area contributed by atoms with E-state index in [9.17, 15) is 0 Å². The van der Waals surface area contributed by atoms with E-state index < -0.39 is 0 Å². The smallest absolute Gasteiger partial charge is 0.0705 e. The normalized spacial score (nSPS) is 12.5. The van der Waals surface area contributed by atoms with Gasteiger partial charge in [0.2, 0.25) is 0 Å². The molecule has 0 aliphatic heterocycles. The molecule has 2 aromatic carbocycles. The first-order valence-electron chi connectivity index (χ1n) is 7.29. The summed E-state index contributed by atoms with van der Waals surface area (Å²) in [5.41, 5.74) is 6.29. The van der Waals surface area contributed by atoms with Crippen molar-refractivity contribution in [2.75, 3.05) is 7.05 Å². The maximum absolute atomic E-state index is 4.46. The van der Waals surface area contributed by atoms with Gasteiger partial charge in [-0.05, 0) is 55.3 Å². The van der Waals surface area contributed by atoms with Gasteiger partial charge in [0.15, 0.2) is 0 Å². The molecule has 21 heavy (non-hydrogen) atoms. The number of fused-ring (bicyclic) bond motifs is 1. The fraction of sp³-hybridized carbons (Fsp3) is 0.211. The first kappa shape index (κ1) is 13.8. The van der Waals surface area contributed by atoms with Gasteiger partial charge in [0.1, 0.15) is 0 Å². The molecule has 1 atom stereocenters. The van der Waals surface area contributed by atoms with Gasteiger partial charge in [-0.2, -0.15) is 0 Å². The van der Waals surface area contributed by atoms with E-state index in [4.69, 9.17) is 0 Å². The van der Waals surface area contributed by atoms with Crippen molar-refractivity contribution in [2.24, 2.45) is 0 Å². The molecule has 3 aromatic rings. The third kappa shape index (κ3) is 2.55. The van der Waals surface area contributed by atoms with Crippen LogP contribution in [0.5, 0.6) is 0 Å². The van der Waals surface area contributed by atoms with Gasteiger partial charge in [-0.15, -0.1) is 0 Å². The first-order chi connectivity index (χ1) is 10.2. The monoisotopic (exact) mass is 276 g/mol. The topological polar surface area (TPSA) is 24.9 Å². The Bertz CT molecular complexity index is 777. The summed E-state index contributed by atoms with van der Waals surface area (Å²) in [4.78, 5) is 4.46. The number of aromatic nitrogens is 1. The highest BCUT2D eigenvalue weighted by Crippen LogP contribution is 2.28. The van der Waals surface area contributed by atoms with Gasteiger partial charge in [0.05, 0.1) is 11.6 Å². The van der Waals surface area contributed by atoms with E-state index in [-0.39, 0.29) is 6.04 Å². The number of pyridine rings is 1. The van der Waals surface area contributed by atoms with E-state index in [0.717, 1.165) is 5.52 Å². The number of hydrogen-bond donors (Lipinski definition) is 1. The summed E-state index contributed by atoms with van der Waals surface area (Å²) in [7, 11) is 2.01. The fourth-order valence-corrected chi connectivity index (χ4v) is 2.85. The highest BCUT2D eigenvalue weighted by molar-refractivity contribution is 5.79. The Balaban J connectivity index is 2.11. The lowest BCUT2D eigenvalue weighted by molar-refractivity contribution is 0.687. The van der Waals surface area contributed by atoms with Gasteiger partial charge in [0, 0.05) is 11.6 Å². The molecule has 0 spiro atoms. The van der Waals surface area contributed by atoms with Crippen molar-refractivity contribution in [3.05, 3.63) is 77.0 Å². The summed E-state index contributed by atoms with van der Waals surface area (Å²) in [5.74, 6) is 0. The van der Waals surface area contributed by atoms with Crippen molar-refractivity contribution in [2.45, 2.75) is 19.9 Å². The Morgan fingerprint density at radius 2 is 1.86 bits per heavy atom. The third-order valence-electron chi connectivity index (χ3n) is 4.21. The van der Waals surface area contributed by atoms with Crippen molar-refractivity contribution in [3.63, 3.8) is 0 Å². The quantitative estimate of drug-likeness (QED) is 0.777. The van der Waals surface area contributed by atoms with Gasteiger partial charge >= 0.3 is 0 Å². The third-order valence-corrected chi connectivity index (χ3v) is 4.21. The SMILES string of the molecule is CNC(c1ccc2cccnc2c1)c1cccc(C)c1C. The molecule has 0 aliphatic carbocycles. The van der Waals surface area contributed by atoms with Crippen LogP contribution in [0.1, 0.15) is 28.3 Å². The Hall–Kier alpha value is -2.19. The van der Waals surface area contributed by atoms with Gasteiger partial charge in [0.25, 0.3) is 0 Å². The average molecular weight is 276 g/mol. The molecule has 1 aromatic heterocycles. The van der Waals surface area contributed by atoms with Crippen molar-refractivity contribution < 1.29 is 0 Å². The molecular formula is C19H20N2. The minimum absolute atomic E-state index is 0.191. The largest absolute Gasteiger partial charge is 0.309 e. The molecule has 0 radical (unpaired) electrons. The molecule has 2 heteroatoms. The maximum Gasteiger partial charge on any atom is 0.0705 e. The maximum atomic E-state index is 4.46. The summed E-state index contributed by atoms with van der Waals surface area (Å²) in [5, 5.41) is 4.62. The van der Waals surface area contributed by atoms with Crippen LogP contribution in [0.25, 0.3) is 10.9 Å². The van der Waals surface area contributed by atoms with E-state index in [1.54, 1.807) is 0 Å². The lowest BCUT2D eigenvalue weighted by atomic mass is 9.92. The summed E-state index contributed by atoms with van der Waals surface area (Å²) in [6.07, 6.45) is 1.85. The number of rotatable bonds is 3. The van der Waals surface area contributed by atoms with Crippen LogP contribution in [0.15, 0.2) is 54.7 Å². The summed E-state index contributed by atoms with van der Waals surface area (Å²) in [6, 6.07) is 17.3. The molecular weight excluding hydrogens is 256 g/mol. The van der Waals surface area contributed by atoms with Crippen molar-refractivity contribution in [1.82, 2.24) is 10.3 Å². The van der Waals surface area contributed by atoms with Crippen LogP contribution in [-0.4, -0.2) is 12.0 Å². The Morgan fingerprint density at radius 3 is 2.67 bits per heavy atom. The van der Waals surface area contributed by atoms with Gasteiger partial charge in [-0.3, -0.25) is 4.98 Å². The van der Waals surface area contributed by atoms with Crippen LogP contribution in [0.4, 0.5) is 0 Å². The molecule has 0 amide bonds. The summed E-state index contributed by atoms with van der Waals surface area (Å²) >= 11 is 0. The van der Waals surface area contributed by atoms with Crippen LogP contribution in [0, 0.1) is 13.8 Å². The minimum Gasteiger partial charge on any atom is -0.309 e. The Kier molecular flexibility index (Phi) is 3.72. The van der Waals surface area contributed by atoms with Crippen LogP contribution >= 0.6 is 0 Å². The zero-order valence-corrected chi connectivity index (χ0v) is 12.7. The fourth-order valence-electron chi connectivity index (χ4n) is 2.85. The average Bonchev–Trinajstić information content (AvgIpc) is 2.52. The van der Waals surface area contributed by atoms with Crippen LogP contribution in [0.2, 0.25) is 0 Å². The van der Waals surface area contributed by atoms with Gasteiger partial charge in [-0.25, -0.2) is 0 Å². The second-order valence-electron chi connectivity index (χ2n) is 5.47. The standard InChI is InChI=1S/C19H20N2/c1-13-6-4-8-17(14(13)2)19(20-3)16-10-9-15-7-5-11-21-18(15)12-16/h4-12,19-20H,1-3H3. The molecule has 0 bridgehead atoms. The van der Waals surface area contributed by atoms with Gasteiger partial charge < -0.3 is 5.32 Å². The molecule has 1 heterocycles. The molecule has 1 unspecified atom stereocenters. The van der Waals surface area contributed by atoms with E-state index in [2.05, 4.69) is 66.6 Å². The molecule has 0 saturated carbocycles. The number of hydrogen-bond acceptors (Lipinski definition) is 2. The van der Waals surface area contributed by atoms with Crippen LogP contribution in [0.3, 0.4) is 0 Å². The minimum atomic E-state index is 0.191. The molecule has 0 fully saturated rings. The molecule has 3 rings (SSSR count). The Morgan fingerprint density at radius 1 is 1.00 bits per heavy atom. The molecule has 106 valence electrons. The van der Waals surface area contributed by atoms with Gasteiger partial charge in [-0.1, -0.05) is 36.4 Å². The van der Waals surface area contributed by atoms with E-state index in [1.807, 2.05) is 19.3 Å². The van der Waals surface area contributed by atoms with E-state index in [0.29, 0.717) is 0 Å². The molecule has 0 aliphatic rings. The zero-order chi connectivity index (χ0) is 14.8. The number of nitrogens with one attached hydrogen (secondary N) is 1. The second-order valence-corrected chi connectivity index (χ2v) is 5.47. The lowest BCUT2D eigenvalue weighted by Gasteiger charge is -2.21. The molecule has 2 nitrogen and oxygen atoms in total. The number of aryl methyl sites for hydroxylation is 1. The van der Waals surface area contributed by atoms with Crippen LogP contribution < -0.4 is 5.32 Å². The molecule has 1 N–H and O–H groups in total. The van der Waals surface area contributed by atoms with Crippen molar-refractivity contribution >= 4 is 10.9 Å². The highest BCUT2D eigenvalue weighted by atomic mass is 14.9. The second kappa shape index (κ2) is 5.66. The number of nitrogens with zero attached hydrogens (tertiary/aromatic N) is 1. The van der Waals surface area contributed by atoms with E-state index >= 15 is 0 Å². The number of benzene rings is 2. The molecule has 0 saturated heterocycles. The summed E-state index contributed by atoms with van der Waals surface area (Å²) < 4.78 is 0. The van der Waals surface area contributed by atoms with E-state index in [1.165, 1.54) is 27.6 Å². The predicted molar refractivity (Wildman–Crippen MR) is 88.6 cm³/mol. The summed E-state index contributed by atoms with van der Waals surface area (Å²) in [6.45, 7) is 4.35. The van der Waals surface area contributed by atoms with Crippen molar-refractivity contribution in [1.29, 1.82) is 0 Å².